The highest BCUT2D eigenvalue weighted by molar-refractivity contribution is 5.90. The molecule has 0 saturated heterocycles. The Labute approximate surface area is 116 Å². The van der Waals surface area contributed by atoms with Gasteiger partial charge < -0.3 is 15.3 Å². The molecule has 0 spiro atoms. The number of hydrogen-bond donors (Lipinski definition) is 3. The molecule has 0 amide bonds. The van der Waals surface area contributed by atoms with Crippen molar-refractivity contribution in [3.8, 4) is 11.5 Å². The lowest BCUT2D eigenvalue weighted by atomic mass is 10.0. The maximum atomic E-state index is 11.1. The number of rotatable bonds is 4. The van der Waals surface area contributed by atoms with Gasteiger partial charge >= 0.3 is 5.97 Å². The number of aromatic carboxylic acids is 1. The Morgan fingerprint density at radius 1 is 1.05 bits per heavy atom. The molecule has 0 aliphatic heterocycles. The Hall–Kier alpha value is -2.75. The van der Waals surface area contributed by atoms with E-state index in [1.807, 2.05) is 36.4 Å². The van der Waals surface area contributed by atoms with Gasteiger partial charge in [0.1, 0.15) is 0 Å². The first kappa shape index (κ1) is 13.7. The Morgan fingerprint density at radius 3 is 2.40 bits per heavy atom. The smallest absolute Gasteiger partial charge is 0.336 e. The van der Waals surface area contributed by atoms with E-state index in [1.165, 1.54) is 12.1 Å². The van der Waals surface area contributed by atoms with Crippen LogP contribution in [-0.2, 0) is 6.42 Å². The topological polar surface area (TPSA) is 77.8 Å². The number of allylic oxidation sites excluding steroid dienone is 1. The summed E-state index contributed by atoms with van der Waals surface area (Å²) in [5.74, 6) is -1.84. The minimum Gasteiger partial charge on any atom is -0.504 e. The Bertz CT molecular complexity index is 645. The van der Waals surface area contributed by atoms with Crippen LogP contribution < -0.4 is 0 Å². The minimum absolute atomic E-state index is 0.0157. The Kier molecular flexibility index (Phi) is 4.05. The van der Waals surface area contributed by atoms with E-state index in [1.54, 1.807) is 6.08 Å². The largest absolute Gasteiger partial charge is 0.504 e. The van der Waals surface area contributed by atoms with Crippen LogP contribution in [0.3, 0.4) is 0 Å². The molecule has 0 atom stereocenters. The molecule has 102 valence electrons. The maximum Gasteiger partial charge on any atom is 0.336 e. The van der Waals surface area contributed by atoms with Crippen LogP contribution in [0, 0.1) is 0 Å². The second kappa shape index (κ2) is 5.93. The molecule has 0 aliphatic carbocycles. The predicted octanol–water partition coefficient (Wildman–Crippen LogP) is 3.05. The summed E-state index contributed by atoms with van der Waals surface area (Å²) in [7, 11) is 0. The van der Waals surface area contributed by atoms with Crippen LogP contribution in [0.2, 0.25) is 0 Å². The quantitative estimate of drug-likeness (QED) is 0.746. The highest BCUT2D eigenvalue weighted by Gasteiger charge is 2.15. The average molecular weight is 270 g/mol. The van der Waals surface area contributed by atoms with Gasteiger partial charge in [-0.05, 0) is 24.1 Å². The van der Waals surface area contributed by atoms with Gasteiger partial charge in [0, 0.05) is 5.56 Å². The molecule has 2 aromatic carbocycles. The van der Waals surface area contributed by atoms with Gasteiger partial charge in [-0.15, -0.1) is 0 Å². The molecule has 3 N–H and O–H groups in total. The zero-order chi connectivity index (χ0) is 14.5. The number of carboxylic acids is 1. The van der Waals surface area contributed by atoms with Gasteiger partial charge in [-0.3, -0.25) is 0 Å². The summed E-state index contributed by atoms with van der Waals surface area (Å²) in [4.78, 5) is 11.1. The van der Waals surface area contributed by atoms with Gasteiger partial charge in [-0.2, -0.15) is 0 Å². The minimum atomic E-state index is -1.14. The molecule has 2 aromatic rings. The highest BCUT2D eigenvalue weighted by atomic mass is 16.4. The molecule has 0 aromatic heterocycles. The second-order valence-corrected chi connectivity index (χ2v) is 4.28. The fourth-order valence-electron chi connectivity index (χ4n) is 1.91. The van der Waals surface area contributed by atoms with Crippen molar-refractivity contribution >= 4 is 12.0 Å². The van der Waals surface area contributed by atoms with Gasteiger partial charge in [0.15, 0.2) is 11.5 Å². The molecule has 20 heavy (non-hydrogen) atoms. The van der Waals surface area contributed by atoms with E-state index < -0.39 is 5.97 Å². The zero-order valence-corrected chi connectivity index (χ0v) is 10.7. The molecule has 0 unspecified atom stereocenters. The molecule has 0 bridgehead atoms. The van der Waals surface area contributed by atoms with E-state index in [9.17, 15) is 15.0 Å². The fourth-order valence-corrected chi connectivity index (χ4v) is 1.91. The number of carboxylic acid groups (broad SMARTS) is 1. The van der Waals surface area contributed by atoms with Crippen molar-refractivity contribution in [1.82, 2.24) is 0 Å². The van der Waals surface area contributed by atoms with E-state index in [2.05, 4.69) is 0 Å². The number of aromatic hydroxyl groups is 2. The summed E-state index contributed by atoms with van der Waals surface area (Å²) in [5.41, 5.74) is 1.16. The van der Waals surface area contributed by atoms with E-state index in [0.29, 0.717) is 0 Å². The zero-order valence-electron chi connectivity index (χ0n) is 10.7. The normalized spacial score (nSPS) is 10.8. The lowest BCUT2D eigenvalue weighted by Crippen LogP contribution is -2.02. The van der Waals surface area contributed by atoms with Crippen LogP contribution in [0.4, 0.5) is 0 Å². The van der Waals surface area contributed by atoms with Crippen LogP contribution in [0.5, 0.6) is 11.5 Å². The molecule has 0 saturated carbocycles. The summed E-state index contributed by atoms with van der Waals surface area (Å²) in [6.07, 6.45) is 3.79. The summed E-state index contributed by atoms with van der Waals surface area (Å²) in [6, 6.07) is 12.0. The van der Waals surface area contributed by atoms with Crippen LogP contribution in [-0.4, -0.2) is 21.3 Å². The van der Waals surface area contributed by atoms with E-state index in [4.69, 9.17) is 5.11 Å². The van der Waals surface area contributed by atoms with Crippen molar-refractivity contribution in [2.45, 2.75) is 6.42 Å². The van der Waals surface area contributed by atoms with Gasteiger partial charge in [-0.1, -0.05) is 42.5 Å². The van der Waals surface area contributed by atoms with Gasteiger partial charge in [0.25, 0.3) is 0 Å². The Morgan fingerprint density at radius 2 is 1.75 bits per heavy atom. The average Bonchev–Trinajstić information content (AvgIpc) is 2.44. The molecular formula is C16H14O4. The summed E-state index contributed by atoms with van der Waals surface area (Å²) in [5, 5.41) is 28.3. The number of hydrogen-bond acceptors (Lipinski definition) is 3. The summed E-state index contributed by atoms with van der Waals surface area (Å²) < 4.78 is 0. The van der Waals surface area contributed by atoms with Crippen molar-refractivity contribution in [1.29, 1.82) is 0 Å². The Balaban J connectivity index is 2.27. The summed E-state index contributed by atoms with van der Waals surface area (Å²) in [6.45, 7) is 0. The van der Waals surface area contributed by atoms with Gasteiger partial charge in [0.2, 0.25) is 0 Å². The molecule has 4 heteroatoms. The molecule has 0 radical (unpaired) electrons. The third kappa shape index (κ3) is 2.98. The van der Waals surface area contributed by atoms with Crippen LogP contribution >= 0.6 is 0 Å². The van der Waals surface area contributed by atoms with Crippen LogP contribution in [0.15, 0.2) is 48.5 Å². The maximum absolute atomic E-state index is 11.1. The number of carbonyl (C=O) groups is 1. The van der Waals surface area contributed by atoms with Crippen molar-refractivity contribution in [2.24, 2.45) is 0 Å². The molecule has 0 aliphatic rings. The van der Waals surface area contributed by atoms with Crippen LogP contribution in [0.1, 0.15) is 21.5 Å². The number of benzene rings is 2. The first-order valence-corrected chi connectivity index (χ1v) is 6.08. The first-order chi connectivity index (χ1) is 9.59. The molecular weight excluding hydrogens is 256 g/mol. The predicted molar refractivity (Wildman–Crippen MR) is 75.9 cm³/mol. The second-order valence-electron chi connectivity index (χ2n) is 4.28. The fraction of sp³-hybridized carbons (Fsp3) is 0.0625. The molecule has 2 rings (SSSR count). The van der Waals surface area contributed by atoms with Crippen molar-refractivity contribution in [2.75, 3.05) is 0 Å². The highest BCUT2D eigenvalue weighted by Crippen LogP contribution is 2.32. The van der Waals surface area contributed by atoms with Gasteiger partial charge in [0.05, 0.1) is 5.56 Å². The third-order valence-electron chi connectivity index (χ3n) is 2.92. The van der Waals surface area contributed by atoms with Crippen molar-refractivity contribution < 1.29 is 20.1 Å². The van der Waals surface area contributed by atoms with Gasteiger partial charge in [-0.25, -0.2) is 4.79 Å². The van der Waals surface area contributed by atoms with E-state index >= 15 is 0 Å². The monoisotopic (exact) mass is 270 g/mol. The molecule has 4 nitrogen and oxygen atoms in total. The number of phenolic OH excluding ortho intramolecular Hbond substituents is 2. The van der Waals surface area contributed by atoms with Crippen molar-refractivity contribution in [3.05, 3.63) is 65.2 Å². The lowest BCUT2D eigenvalue weighted by molar-refractivity contribution is 0.0695. The standard InChI is InChI=1S/C16H14O4/c17-14-10-9-13(16(19)20)12(15(14)18)8-4-7-11-5-2-1-3-6-11/h1-7,9-10,17-18H,8H2,(H,19,20). The SMILES string of the molecule is O=C(O)c1ccc(O)c(O)c1CC=Cc1ccccc1. The van der Waals surface area contributed by atoms with Crippen molar-refractivity contribution in [3.63, 3.8) is 0 Å². The third-order valence-corrected chi connectivity index (χ3v) is 2.92. The first-order valence-electron chi connectivity index (χ1n) is 6.08. The number of phenols is 2. The van der Waals surface area contributed by atoms with Crippen LogP contribution in [0.25, 0.3) is 6.08 Å². The summed E-state index contributed by atoms with van der Waals surface area (Å²) >= 11 is 0. The van der Waals surface area contributed by atoms with E-state index in [-0.39, 0.29) is 29.0 Å². The van der Waals surface area contributed by atoms with E-state index in [0.717, 1.165) is 5.56 Å². The molecule has 0 heterocycles. The molecule has 0 fully saturated rings. The lowest BCUT2D eigenvalue weighted by Gasteiger charge is -2.07.